The van der Waals surface area contributed by atoms with Crippen LogP contribution in [0.2, 0.25) is 5.02 Å². The molecule has 88 valence electrons. The van der Waals surface area contributed by atoms with Crippen LogP contribution in [0, 0.1) is 5.92 Å². The van der Waals surface area contributed by atoms with Gasteiger partial charge < -0.3 is 5.32 Å². The lowest BCUT2D eigenvalue weighted by Crippen LogP contribution is -2.20. The van der Waals surface area contributed by atoms with Crippen LogP contribution >= 0.6 is 27.5 Å². The lowest BCUT2D eigenvalue weighted by molar-refractivity contribution is -0.119. The fourth-order valence-corrected chi connectivity index (χ4v) is 1.94. The first kappa shape index (κ1) is 13.5. The summed E-state index contributed by atoms with van der Waals surface area (Å²) in [7, 11) is 0. The number of halogens is 2. The Kier molecular flexibility index (Phi) is 5.29. The van der Waals surface area contributed by atoms with Crippen molar-refractivity contribution in [3.8, 4) is 0 Å². The maximum absolute atomic E-state index is 11.8. The van der Waals surface area contributed by atoms with E-state index in [1.165, 1.54) is 0 Å². The topological polar surface area (TPSA) is 29.1 Å². The molecule has 1 N–H and O–H groups in total. The zero-order chi connectivity index (χ0) is 12.1. The van der Waals surface area contributed by atoms with Gasteiger partial charge in [-0.2, -0.15) is 0 Å². The number of amides is 1. The first-order valence-corrected chi connectivity index (χ1v) is 6.47. The van der Waals surface area contributed by atoms with Crippen LogP contribution in [-0.4, -0.2) is 5.91 Å². The van der Waals surface area contributed by atoms with Crippen LogP contribution in [0.15, 0.2) is 22.7 Å². The summed E-state index contributed by atoms with van der Waals surface area (Å²) in [4.78, 5) is 11.8. The highest BCUT2D eigenvalue weighted by atomic mass is 79.9. The molecule has 1 unspecified atom stereocenters. The van der Waals surface area contributed by atoms with Gasteiger partial charge in [0.15, 0.2) is 0 Å². The lowest BCUT2D eigenvalue weighted by Gasteiger charge is -2.12. The maximum atomic E-state index is 11.8. The van der Waals surface area contributed by atoms with E-state index in [2.05, 4.69) is 28.2 Å². The van der Waals surface area contributed by atoms with E-state index < -0.39 is 0 Å². The number of carbonyl (C=O) groups excluding carboxylic acids is 1. The Morgan fingerprint density at radius 3 is 2.88 bits per heavy atom. The number of hydrogen-bond acceptors (Lipinski definition) is 1. The summed E-state index contributed by atoms with van der Waals surface area (Å²) < 4.78 is 0.898. The van der Waals surface area contributed by atoms with Gasteiger partial charge in [-0.05, 0) is 24.6 Å². The van der Waals surface area contributed by atoms with Gasteiger partial charge in [-0.3, -0.25) is 4.79 Å². The highest BCUT2D eigenvalue weighted by molar-refractivity contribution is 9.10. The summed E-state index contributed by atoms with van der Waals surface area (Å²) in [6.07, 6.45) is 1.89. The van der Waals surface area contributed by atoms with Gasteiger partial charge in [-0.25, -0.2) is 0 Å². The third-order valence-corrected chi connectivity index (χ3v) is 3.18. The van der Waals surface area contributed by atoms with Gasteiger partial charge >= 0.3 is 0 Å². The fraction of sp³-hybridized carbons (Fsp3) is 0.417. The summed E-state index contributed by atoms with van der Waals surface area (Å²) in [5, 5.41) is 3.39. The summed E-state index contributed by atoms with van der Waals surface area (Å²) in [5.74, 6) is 0.0295. The first-order valence-electron chi connectivity index (χ1n) is 5.30. The zero-order valence-electron chi connectivity index (χ0n) is 9.39. The van der Waals surface area contributed by atoms with Crippen LogP contribution in [0.3, 0.4) is 0 Å². The highest BCUT2D eigenvalue weighted by Gasteiger charge is 2.13. The number of carbonyl (C=O) groups is 1. The molecule has 0 radical (unpaired) electrons. The van der Waals surface area contributed by atoms with E-state index in [0.29, 0.717) is 10.7 Å². The molecule has 1 amide bonds. The van der Waals surface area contributed by atoms with Crippen molar-refractivity contribution in [1.29, 1.82) is 0 Å². The fourth-order valence-electron chi connectivity index (χ4n) is 1.41. The van der Waals surface area contributed by atoms with Gasteiger partial charge in [-0.1, -0.05) is 47.8 Å². The number of hydrogen-bond donors (Lipinski definition) is 1. The predicted molar refractivity (Wildman–Crippen MR) is 71.9 cm³/mol. The van der Waals surface area contributed by atoms with Crippen molar-refractivity contribution in [3.63, 3.8) is 0 Å². The molecule has 1 atom stereocenters. The van der Waals surface area contributed by atoms with Gasteiger partial charge in [0.1, 0.15) is 0 Å². The largest absolute Gasteiger partial charge is 0.325 e. The summed E-state index contributed by atoms with van der Waals surface area (Å²) in [6, 6.07) is 5.40. The van der Waals surface area contributed by atoms with Crippen LogP contribution in [0.1, 0.15) is 26.7 Å². The lowest BCUT2D eigenvalue weighted by atomic mass is 10.1. The second-order valence-electron chi connectivity index (χ2n) is 3.80. The molecule has 0 aromatic heterocycles. The van der Waals surface area contributed by atoms with Crippen LogP contribution in [0.5, 0.6) is 0 Å². The standard InChI is InChI=1S/C12H15BrClNO/c1-3-4-8(2)12(16)15-11-7-9(13)5-6-10(11)14/h5-8H,3-4H2,1-2H3,(H,15,16). The van der Waals surface area contributed by atoms with Gasteiger partial charge in [0.05, 0.1) is 10.7 Å². The van der Waals surface area contributed by atoms with Gasteiger partial charge in [0, 0.05) is 10.4 Å². The molecular weight excluding hydrogens is 289 g/mol. The molecule has 0 aliphatic heterocycles. The molecule has 4 heteroatoms. The highest BCUT2D eigenvalue weighted by Crippen LogP contribution is 2.26. The number of anilines is 1. The first-order chi connectivity index (χ1) is 7.54. The minimum Gasteiger partial charge on any atom is -0.325 e. The molecule has 0 bridgehead atoms. The second kappa shape index (κ2) is 6.26. The van der Waals surface area contributed by atoms with Crippen molar-refractivity contribution >= 4 is 39.1 Å². The summed E-state index contributed by atoms with van der Waals surface area (Å²) in [5.41, 5.74) is 0.656. The van der Waals surface area contributed by atoms with Crippen LogP contribution in [0.4, 0.5) is 5.69 Å². The van der Waals surface area contributed by atoms with E-state index in [9.17, 15) is 4.79 Å². The maximum Gasteiger partial charge on any atom is 0.227 e. The van der Waals surface area contributed by atoms with Crippen molar-refractivity contribution in [2.75, 3.05) is 5.32 Å². The van der Waals surface area contributed by atoms with E-state index in [1.807, 2.05) is 13.0 Å². The molecule has 1 rings (SSSR count). The van der Waals surface area contributed by atoms with Crippen molar-refractivity contribution in [2.45, 2.75) is 26.7 Å². The van der Waals surface area contributed by atoms with E-state index in [4.69, 9.17) is 11.6 Å². The Morgan fingerprint density at radius 2 is 2.25 bits per heavy atom. The summed E-state index contributed by atoms with van der Waals surface area (Å²) in [6.45, 7) is 3.99. The average molecular weight is 305 g/mol. The Bertz CT molecular complexity index is 381. The Hall–Kier alpha value is -0.540. The van der Waals surface area contributed by atoms with Crippen molar-refractivity contribution in [3.05, 3.63) is 27.7 Å². The molecule has 0 aliphatic carbocycles. The Labute approximate surface area is 110 Å². The molecule has 0 heterocycles. The number of benzene rings is 1. The van der Waals surface area contributed by atoms with Crippen molar-refractivity contribution in [1.82, 2.24) is 0 Å². The third kappa shape index (κ3) is 3.80. The molecule has 0 fully saturated rings. The molecule has 0 spiro atoms. The minimum atomic E-state index is 0.0139. The molecule has 2 nitrogen and oxygen atoms in total. The number of rotatable bonds is 4. The summed E-state index contributed by atoms with van der Waals surface area (Å²) >= 11 is 9.33. The smallest absolute Gasteiger partial charge is 0.227 e. The quantitative estimate of drug-likeness (QED) is 0.873. The molecule has 16 heavy (non-hydrogen) atoms. The van der Waals surface area contributed by atoms with E-state index in [-0.39, 0.29) is 11.8 Å². The van der Waals surface area contributed by atoms with Gasteiger partial charge in [-0.15, -0.1) is 0 Å². The minimum absolute atomic E-state index is 0.0139. The molecule has 1 aromatic carbocycles. The molecule has 0 saturated heterocycles. The van der Waals surface area contributed by atoms with Gasteiger partial charge in [0.25, 0.3) is 0 Å². The van der Waals surface area contributed by atoms with E-state index in [1.54, 1.807) is 12.1 Å². The van der Waals surface area contributed by atoms with E-state index >= 15 is 0 Å². The van der Waals surface area contributed by atoms with E-state index in [0.717, 1.165) is 17.3 Å². The average Bonchev–Trinajstić information content (AvgIpc) is 2.23. The second-order valence-corrected chi connectivity index (χ2v) is 5.13. The molecule has 1 aromatic rings. The van der Waals surface area contributed by atoms with Crippen LogP contribution in [-0.2, 0) is 4.79 Å². The van der Waals surface area contributed by atoms with Crippen LogP contribution in [0.25, 0.3) is 0 Å². The monoisotopic (exact) mass is 303 g/mol. The van der Waals surface area contributed by atoms with Crippen LogP contribution < -0.4 is 5.32 Å². The predicted octanol–water partition coefficient (Wildman–Crippen LogP) is 4.48. The van der Waals surface area contributed by atoms with Crippen molar-refractivity contribution in [2.24, 2.45) is 5.92 Å². The SMILES string of the molecule is CCCC(C)C(=O)Nc1cc(Br)ccc1Cl. The molecular formula is C12H15BrClNO. The molecule has 0 aliphatic rings. The molecule has 0 saturated carbocycles. The van der Waals surface area contributed by atoms with Gasteiger partial charge in [0.2, 0.25) is 5.91 Å². The Morgan fingerprint density at radius 1 is 1.56 bits per heavy atom. The van der Waals surface area contributed by atoms with Crippen molar-refractivity contribution < 1.29 is 4.79 Å². The number of nitrogens with one attached hydrogen (secondary N) is 1. The normalized spacial score (nSPS) is 12.2. The Balaban J connectivity index is 2.72. The zero-order valence-corrected chi connectivity index (χ0v) is 11.7. The third-order valence-electron chi connectivity index (χ3n) is 2.36.